The largest absolute Gasteiger partial charge is 0.494 e. The van der Waals surface area contributed by atoms with Crippen LogP contribution in [0.1, 0.15) is 33.3 Å². The lowest BCUT2D eigenvalue weighted by Gasteiger charge is -2.32. The standard InChI is InChI=1S/C16H23BO5S/c1-11-8-12(17-21-15(2,3)16(4,5)22-17)6-7-14(11)23(18,19)13-9-20-10-13/h6-8,13H,9-10H2,1-5H3. The van der Waals surface area contributed by atoms with E-state index in [0.29, 0.717) is 10.5 Å². The Hall–Kier alpha value is -0.885. The molecule has 0 aromatic heterocycles. The molecule has 2 aliphatic rings. The van der Waals surface area contributed by atoms with E-state index < -0.39 is 33.4 Å². The van der Waals surface area contributed by atoms with Crippen LogP contribution in [0.15, 0.2) is 23.1 Å². The van der Waals surface area contributed by atoms with Gasteiger partial charge in [-0.15, -0.1) is 0 Å². The summed E-state index contributed by atoms with van der Waals surface area (Å²) in [5.74, 6) is 0. The van der Waals surface area contributed by atoms with E-state index in [1.54, 1.807) is 19.1 Å². The number of hydrogen-bond acceptors (Lipinski definition) is 5. The van der Waals surface area contributed by atoms with Crippen molar-refractivity contribution in [2.75, 3.05) is 13.2 Å². The van der Waals surface area contributed by atoms with Gasteiger partial charge in [-0.05, 0) is 51.7 Å². The highest BCUT2D eigenvalue weighted by molar-refractivity contribution is 7.92. The number of benzene rings is 1. The van der Waals surface area contributed by atoms with Crippen LogP contribution >= 0.6 is 0 Å². The quantitative estimate of drug-likeness (QED) is 0.781. The number of sulfone groups is 1. The summed E-state index contributed by atoms with van der Waals surface area (Å²) >= 11 is 0. The Balaban J connectivity index is 1.89. The van der Waals surface area contributed by atoms with Gasteiger partial charge >= 0.3 is 7.12 Å². The summed E-state index contributed by atoms with van der Waals surface area (Å²) in [5, 5.41) is -0.427. The lowest BCUT2D eigenvalue weighted by molar-refractivity contribution is 0.00578. The van der Waals surface area contributed by atoms with E-state index in [2.05, 4.69) is 0 Å². The van der Waals surface area contributed by atoms with Crippen LogP contribution in [0.25, 0.3) is 0 Å². The molecule has 0 saturated carbocycles. The Bertz CT molecular complexity index is 706. The Morgan fingerprint density at radius 3 is 2.09 bits per heavy atom. The van der Waals surface area contributed by atoms with E-state index in [1.807, 2.05) is 33.8 Å². The van der Waals surface area contributed by atoms with Gasteiger partial charge < -0.3 is 14.0 Å². The van der Waals surface area contributed by atoms with Crippen molar-refractivity contribution in [2.45, 2.75) is 56.0 Å². The van der Waals surface area contributed by atoms with Crippen molar-refractivity contribution in [1.29, 1.82) is 0 Å². The average Bonchev–Trinajstić information content (AvgIpc) is 2.55. The third-order valence-corrected chi connectivity index (χ3v) is 7.30. The predicted octanol–water partition coefficient (Wildman–Crippen LogP) is 1.47. The SMILES string of the molecule is Cc1cc(B2OC(C)(C)C(C)(C)O2)ccc1S(=O)(=O)C1COC1. The van der Waals surface area contributed by atoms with Crippen LogP contribution in [0.5, 0.6) is 0 Å². The molecule has 2 heterocycles. The van der Waals surface area contributed by atoms with E-state index >= 15 is 0 Å². The van der Waals surface area contributed by atoms with Gasteiger partial charge in [0.05, 0.1) is 29.3 Å². The first-order valence-corrected chi connectivity index (χ1v) is 9.37. The minimum atomic E-state index is -3.33. The molecule has 0 atom stereocenters. The van der Waals surface area contributed by atoms with E-state index in [-0.39, 0.29) is 13.2 Å². The molecule has 3 rings (SSSR count). The maximum Gasteiger partial charge on any atom is 0.494 e. The van der Waals surface area contributed by atoms with Crippen molar-refractivity contribution >= 4 is 22.4 Å². The third-order valence-electron chi connectivity index (χ3n) is 5.08. The molecule has 2 saturated heterocycles. The predicted molar refractivity (Wildman–Crippen MR) is 88.7 cm³/mol. The molecule has 0 unspecified atom stereocenters. The molecule has 1 aromatic rings. The molecule has 2 fully saturated rings. The zero-order valence-corrected chi connectivity index (χ0v) is 15.1. The molecule has 5 nitrogen and oxygen atoms in total. The van der Waals surface area contributed by atoms with Crippen LogP contribution in [0, 0.1) is 6.92 Å². The number of rotatable bonds is 3. The number of hydrogen-bond donors (Lipinski definition) is 0. The molecule has 0 aliphatic carbocycles. The van der Waals surface area contributed by atoms with Gasteiger partial charge in [-0.25, -0.2) is 8.42 Å². The highest BCUT2D eigenvalue weighted by atomic mass is 32.2. The Morgan fingerprint density at radius 2 is 1.65 bits per heavy atom. The van der Waals surface area contributed by atoms with E-state index in [9.17, 15) is 8.42 Å². The van der Waals surface area contributed by atoms with Crippen LogP contribution < -0.4 is 5.46 Å². The molecule has 7 heteroatoms. The average molecular weight is 338 g/mol. The van der Waals surface area contributed by atoms with Gasteiger partial charge in [0.2, 0.25) is 0 Å². The minimum Gasteiger partial charge on any atom is -0.399 e. The first kappa shape index (κ1) is 17.0. The van der Waals surface area contributed by atoms with Crippen molar-refractivity contribution < 1.29 is 22.5 Å². The Morgan fingerprint density at radius 1 is 1.09 bits per heavy atom. The van der Waals surface area contributed by atoms with Gasteiger partial charge in [-0.3, -0.25) is 0 Å². The lowest BCUT2D eigenvalue weighted by Crippen LogP contribution is -2.41. The topological polar surface area (TPSA) is 61.8 Å². The summed E-state index contributed by atoms with van der Waals surface area (Å²) in [6.45, 7) is 10.3. The second-order valence-corrected chi connectivity index (χ2v) is 9.51. The number of aryl methyl sites for hydroxylation is 1. The second kappa shape index (κ2) is 5.31. The van der Waals surface area contributed by atoms with Crippen LogP contribution in [0.2, 0.25) is 0 Å². The fourth-order valence-electron chi connectivity index (χ4n) is 2.69. The van der Waals surface area contributed by atoms with Crippen molar-refractivity contribution in [1.82, 2.24) is 0 Å². The van der Waals surface area contributed by atoms with Crippen molar-refractivity contribution in [3.05, 3.63) is 23.8 Å². The smallest absolute Gasteiger partial charge is 0.399 e. The van der Waals surface area contributed by atoms with Crippen molar-refractivity contribution in [3.8, 4) is 0 Å². The first-order chi connectivity index (χ1) is 10.5. The summed E-state index contributed by atoms with van der Waals surface area (Å²) in [6.07, 6.45) is 0. The minimum absolute atomic E-state index is 0.279. The highest BCUT2D eigenvalue weighted by Gasteiger charge is 2.51. The molecular weight excluding hydrogens is 315 g/mol. The summed E-state index contributed by atoms with van der Waals surface area (Å²) in [6, 6.07) is 5.28. The van der Waals surface area contributed by atoms with Crippen LogP contribution in [0.4, 0.5) is 0 Å². The van der Waals surface area contributed by atoms with Gasteiger partial charge in [-0.1, -0.05) is 12.1 Å². The lowest BCUT2D eigenvalue weighted by atomic mass is 9.78. The first-order valence-electron chi connectivity index (χ1n) is 7.82. The van der Waals surface area contributed by atoms with Crippen molar-refractivity contribution in [2.24, 2.45) is 0 Å². The summed E-state index contributed by atoms with van der Waals surface area (Å²) < 4.78 is 42.1. The molecule has 0 amide bonds. The fraction of sp³-hybridized carbons (Fsp3) is 0.625. The van der Waals surface area contributed by atoms with Gasteiger partial charge in [-0.2, -0.15) is 0 Å². The molecule has 0 bridgehead atoms. The molecular formula is C16H23BO5S. The van der Waals surface area contributed by atoms with Crippen LogP contribution in [-0.4, -0.2) is 45.2 Å². The fourth-order valence-corrected chi connectivity index (χ4v) is 4.37. The summed E-state index contributed by atoms with van der Waals surface area (Å²) in [4.78, 5) is 0.367. The van der Waals surface area contributed by atoms with Gasteiger partial charge in [0.25, 0.3) is 0 Å². The zero-order valence-electron chi connectivity index (χ0n) is 14.3. The molecule has 0 spiro atoms. The van der Waals surface area contributed by atoms with E-state index in [0.717, 1.165) is 5.46 Å². The van der Waals surface area contributed by atoms with E-state index in [4.69, 9.17) is 14.0 Å². The van der Waals surface area contributed by atoms with Gasteiger partial charge in [0.15, 0.2) is 9.84 Å². The third kappa shape index (κ3) is 2.73. The van der Waals surface area contributed by atoms with Crippen molar-refractivity contribution in [3.63, 3.8) is 0 Å². The molecule has 0 radical (unpaired) electrons. The van der Waals surface area contributed by atoms with Crippen LogP contribution in [0.3, 0.4) is 0 Å². The van der Waals surface area contributed by atoms with Crippen LogP contribution in [-0.2, 0) is 23.9 Å². The molecule has 1 aromatic carbocycles. The Kier molecular flexibility index (Phi) is 3.91. The van der Waals surface area contributed by atoms with Gasteiger partial charge in [0.1, 0.15) is 5.25 Å². The van der Waals surface area contributed by atoms with Gasteiger partial charge in [0, 0.05) is 0 Å². The molecule has 23 heavy (non-hydrogen) atoms. The second-order valence-electron chi connectivity index (χ2n) is 7.32. The molecule has 2 aliphatic heterocycles. The Labute approximate surface area is 138 Å². The monoisotopic (exact) mass is 338 g/mol. The highest BCUT2D eigenvalue weighted by Crippen LogP contribution is 2.36. The maximum atomic E-state index is 12.5. The maximum absolute atomic E-state index is 12.5. The molecule has 126 valence electrons. The van der Waals surface area contributed by atoms with E-state index in [1.165, 1.54) is 0 Å². The zero-order chi connectivity index (χ0) is 17.0. The summed E-state index contributed by atoms with van der Waals surface area (Å²) in [7, 11) is -3.81. The molecule has 0 N–H and O–H groups in total. The number of ether oxygens (including phenoxy) is 1. The summed E-state index contributed by atoms with van der Waals surface area (Å²) in [5.41, 5.74) is 0.716. The normalized spacial score (nSPS) is 23.8.